The van der Waals surface area contributed by atoms with E-state index in [-0.39, 0.29) is 0 Å². The number of aromatic nitrogens is 2. The van der Waals surface area contributed by atoms with Gasteiger partial charge in [-0.05, 0) is 41.4 Å². The number of rotatable bonds is 1. The first-order valence-corrected chi connectivity index (χ1v) is 5.76. The fraction of sp³-hybridized carbons (Fsp3) is 0.0833. The van der Waals surface area contributed by atoms with E-state index in [1.54, 1.807) is 11.3 Å². The Balaban J connectivity index is 2.32. The molecule has 0 saturated carbocycles. The van der Waals surface area contributed by atoms with Crippen molar-refractivity contribution < 1.29 is 0 Å². The van der Waals surface area contributed by atoms with Gasteiger partial charge in [0.05, 0.1) is 0 Å². The Morgan fingerprint density at radius 3 is 3.00 bits per heavy atom. The van der Waals surface area contributed by atoms with E-state index >= 15 is 0 Å². The highest BCUT2D eigenvalue weighted by molar-refractivity contribution is 7.08. The first kappa shape index (κ1) is 8.68. The van der Waals surface area contributed by atoms with Crippen LogP contribution in [0, 0.1) is 6.92 Å². The third-order valence-electron chi connectivity index (χ3n) is 2.65. The lowest BCUT2D eigenvalue weighted by molar-refractivity contribution is 1.10. The molecule has 15 heavy (non-hydrogen) atoms. The number of pyridine rings is 1. The second-order valence-electron chi connectivity index (χ2n) is 3.50. The standard InChI is InChI=1S/C12H10N2S/c1-9-11(10-4-7-15-8-10)2-3-12-13-5-6-14(9)12/h2-8H,1H3. The zero-order valence-corrected chi connectivity index (χ0v) is 9.16. The summed E-state index contributed by atoms with van der Waals surface area (Å²) in [6, 6.07) is 6.34. The van der Waals surface area contributed by atoms with Gasteiger partial charge in [-0.3, -0.25) is 0 Å². The van der Waals surface area contributed by atoms with Gasteiger partial charge in [0.25, 0.3) is 0 Å². The molecule has 0 saturated heterocycles. The van der Waals surface area contributed by atoms with E-state index in [1.807, 2.05) is 12.4 Å². The molecule has 3 heteroatoms. The monoisotopic (exact) mass is 214 g/mol. The Bertz CT molecular complexity index is 593. The van der Waals surface area contributed by atoms with Crippen LogP contribution < -0.4 is 0 Å². The summed E-state index contributed by atoms with van der Waals surface area (Å²) in [6.45, 7) is 2.13. The maximum Gasteiger partial charge on any atom is 0.136 e. The summed E-state index contributed by atoms with van der Waals surface area (Å²) >= 11 is 1.73. The van der Waals surface area contributed by atoms with Crippen LogP contribution in [0.15, 0.2) is 41.4 Å². The lowest BCUT2D eigenvalue weighted by Gasteiger charge is -2.06. The summed E-state index contributed by atoms with van der Waals surface area (Å²) in [5.41, 5.74) is 4.81. The molecule has 3 heterocycles. The highest BCUT2D eigenvalue weighted by Gasteiger charge is 2.05. The van der Waals surface area contributed by atoms with E-state index in [4.69, 9.17) is 0 Å². The zero-order valence-electron chi connectivity index (χ0n) is 8.34. The zero-order chi connectivity index (χ0) is 10.3. The molecular weight excluding hydrogens is 204 g/mol. The van der Waals surface area contributed by atoms with Gasteiger partial charge in [-0.2, -0.15) is 11.3 Å². The fourth-order valence-electron chi connectivity index (χ4n) is 1.85. The number of thiophene rings is 1. The highest BCUT2D eigenvalue weighted by atomic mass is 32.1. The summed E-state index contributed by atoms with van der Waals surface area (Å²) < 4.78 is 2.12. The third kappa shape index (κ3) is 1.27. The number of imidazole rings is 1. The predicted octanol–water partition coefficient (Wildman–Crippen LogP) is 3.37. The molecule has 0 fully saturated rings. The van der Waals surface area contributed by atoms with Crippen LogP contribution in [-0.2, 0) is 0 Å². The second kappa shape index (κ2) is 3.21. The van der Waals surface area contributed by atoms with Gasteiger partial charge in [-0.25, -0.2) is 4.98 Å². The number of aryl methyl sites for hydroxylation is 1. The number of fused-ring (bicyclic) bond motifs is 1. The Morgan fingerprint density at radius 1 is 1.27 bits per heavy atom. The van der Waals surface area contributed by atoms with Gasteiger partial charge >= 0.3 is 0 Å². The van der Waals surface area contributed by atoms with Crippen molar-refractivity contribution in [3.05, 3.63) is 47.0 Å². The van der Waals surface area contributed by atoms with Crippen LogP contribution in [0.5, 0.6) is 0 Å². The molecule has 3 aromatic heterocycles. The molecule has 3 aromatic rings. The third-order valence-corrected chi connectivity index (χ3v) is 3.33. The summed E-state index contributed by atoms with van der Waals surface area (Å²) in [6.07, 6.45) is 3.83. The first-order valence-electron chi connectivity index (χ1n) is 4.81. The van der Waals surface area contributed by atoms with Crippen LogP contribution >= 0.6 is 11.3 Å². The van der Waals surface area contributed by atoms with E-state index in [2.05, 4.69) is 45.3 Å². The molecule has 0 radical (unpaired) electrons. The molecule has 0 aliphatic rings. The molecule has 3 rings (SSSR count). The predicted molar refractivity (Wildman–Crippen MR) is 63.2 cm³/mol. The van der Waals surface area contributed by atoms with Crippen molar-refractivity contribution in [3.8, 4) is 11.1 Å². The van der Waals surface area contributed by atoms with Crippen LogP contribution in [-0.4, -0.2) is 9.38 Å². The van der Waals surface area contributed by atoms with Crippen molar-refractivity contribution in [2.24, 2.45) is 0 Å². The Morgan fingerprint density at radius 2 is 2.20 bits per heavy atom. The fourth-order valence-corrected chi connectivity index (χ4v) is 2.51. The summed E-state index contributed by atoms with van der Waals surface area (Å²) in [4.78, 5) is 4.27. The van der Waals surface area contributed by atoms with Crippen molar-refractivity contribution in [2.45, 2.75) is 6.92 Å². The Labute approximate surface area is 91.8 Å². The molecular formula is C12H10N2S. The molecule has 74 valence electrons. The summed E-state index contributed by atoms with van der Waals surface area (Å²) in [7, 11) is 0. The van der Waals surface area contributed by atoms with Crippen LogP contribution in [0.25, 0.3) is 16.8 Å². The Kier molecular flexibility index (Phi) is 1.86. The van der Waals surface area contributed by atoms with E-state index < -0.39 is 0 Å². The largest absolute Gasteiger partial charge is 0.304 e. The van der Waals surface area contributed by atoms with E-state index in [1.165, 1.54) is 16.8 Å². The highest BCUT2D eigenvalue weighted by Crippen LogP contribution is 2.25. The first-order chi connectivity index (χ1) is 7.36. The molecule has 0 N–H and O–H groups in total. The van der Waals surface area contributed by atoms with Gasteiger partial charge in [-0.15, -0.1) is 0 Å². The van der Waals surface area contributed by atoms with Crippen LogP contribution in [0.3, 0.4) is 0 Å². The van der Waals surface area contributed by atoms with Crippen molar-refractivity contribution in [3.63, 3.8) is 0 Å². The normalized spacial score (nSPS) is 11.0. The van der Waals surface area contributed by atoms with E-state index in [0.717, 1.165) is 5.65 Å². The second-order valence-corrected chi connectivity index (χ2v) is 4.28. The van der Waals surface area contributed by atoms with Gasteiger partial charge in [0, 0.05) is 23.7 Å². The molecule has 0 aliphatic carbocycles. The average Bonchev–Trinajstić information content (AvgIpc) is 2.87. The molecule has 0 bridgehead atoms. The van der Waals surface area contributed by atoms with Gasteiger partial charge < -0.3 is 4.40 Å². The smallest absolute Gasteiger partial charge is 0.136 e. The molecule has 0 aliphatic heterocycles. The molecule has 0 spiro atoms. The van der Waals surface area contributed by atoms with Gasteiger partial charge in [-0.1, -0.05) is 0 Å². The lowest BCUT2D eigenvalue weighted by atomic mass is 10.1. The van der Waals surface area contributed by atoms with Gasteiger partial charge in [0.1, 0.15) is 5.65 Å². The number of hydrogen-bond donors (Lipinski definition) is 0. The maximum absolute atomic E-state index is 4.27. The minimum Gasteiger partial charge on any atom is -0.304 e. The maximum atomic E-state index is 4.27. The topological polar surface area (TPSA) is 17.3 Å². The number of nitrogens with zero attached hydrogens (tertiary/aromatic N) is 2. The number of hydrogen-bond acceptors (Lipinski definition) is 2. The van der Waals surface area contributed by atoms with Gasteiger partial charge in [0.15, 0.2) is 0 Å². The molecule has 2 nitrogen and oxygen atoms in total. The SMILES string of the molecule is Cc1c(-c2ccsc2)ccc2nccn12. The molecule has 0 amide bonds. The Hall–Kier alpha value is -1.61. The lowest BCUT2D eigenvalue weighted by Crippen LogP contribution is -1.92. The van der Waals surface area contributed by atoms with Crippen molar-refractivity contribution in [1.82, 2.24) is 9.38 Å². The quantitative estimate of drug-likeness (QED) is 0.607. The average molecular weight is 214 g/mol. The van der Waals surface area contributed by atoms with Crippen molar-refractivity contribution in [2.75, 3.05) is 0 Å². The van der Waals surface area contributed by atoms with E-state index in [0.29, 0.717) is 0 Å². The van der Waals surface area contributed by atoms with E-state index in [9.17, 15) is 0 Å². The van der Waals surface area contributed by atoms with Crippen molar-refractivity contribution >= 4 is 17.0 Å². The van der Waals surface area contributed by atoms with Crippen molar-refractivity contribution in [1.29, 1.82) is 0 Å². The van der Waals surface area contributed by atoms with Crippen LogP contribution in [0.4, 0.5) is 0 Å². The van der Waals surface area contributed by atoms with Crippen LogP contribution in [0.1, 0.15) is 5.69 Å². The minimum atomic E-state index is 1.01. The summed E-state index contributed by atoms with van der Waals surface area (Å²) in [5, 5.41) is 4.28. The molecule has 0 unspecified atom stereocenters. The van der Waals surface area contributed by atoms with Crippen LogP contribution in [0.2, 0.25) is 0 Å². The summed E-state index contributed by atoms with van der Waals surface area (Å²) in [5.74, 6) is 0. The minimum absolute atomic E-state index is 1.01. The molecule has 0 aromatic carbocycles. The molecule has 0 atom stereocenters. The van der Waals surface area contributed by atoms with Gasteiger partial charge in [0.2, 0.25) is 0 Å².